The third-order valence-electron chi connectivity index (χ3n) is 1.93. The summed E-state index contributed by atoms with van der Waals surface area (Å²) in [7, 11) is 1.73. The zero-order valence-electron chi connectivity index (χ0n) is 8.34. The van der Waals surface area contributed by atoms with Crippen LogP contribution in [0.15, 0.2) is 24.3 Å². The summed E-state index contributed by atoms with van der Waals surface area (Å²) < 4.78 is 5.01. The van der Waals surface area contributed by atoms with Gasteiger partial charge in [0, 0.05) is 19.3 Å². The lowest BCUT2D eigenvalue weighted by atomic mass is 10.1. The fourth-order valence-electron chi connectivity index (χ4n) is 1.21. The SMILES string of the molecule is CCNc1ccc(CCOC)cc1. The van der Waals surface area contributed by atoms with Gasteiger partial charge in [-0.05, 0) is 31.0 Å². The van der Waals surface area contributed by atoms with Crippen LogP contribution < -0.4 is 5.32 Å². The second kappa shape index (κ2) is 5.60. The van der Waals surface area contributed by atoms with Gasteiger partial charge in [-0.1, -0.05) is 12.1 Å². The second-order valence-electron chi connectivity index (χ2n) is 2.97. The highest BCUT2D eigenvalue weighted by molar-refractivity contribution is 5.44. The first-order valence-electron chi connectivity index (χ1n) is 4.68. The molecule has 1 aromatic rings. The van der Waals surface area contributed by atoms with E-state index in [1.54, 1.807) is 7.11 Å². The second-order valence-corrected chi connectivity index (χ2v) is 2.97. The Labute approximate surface area is 79.9 Å². The van der Waals surface area contributed by atoms with Crippen LogP contribution in [0.5, 0.6) is 0 Å². The summed E-state index contributed by atoms with van der Waals surface area (Å²) in [5.74, 6) is 0. The molecule has 0 heterocycles. The lowest BCUT2D eigenvalue weighted by Crippen LogP contribution is -1.97. The highest BCUT2D eigenvalue weighted by atomic mass is 16.5. The Hall–Kier alpha value is -1.02. The van der Waals surface area contributed by atoms with Gasteiger partial charge in [0.15, 0.2) is 0 Å². The Morgan fingerprint density at radius 1 is 1.23 bits per heavy atom. The molecular formula is C11H17NO. The van der Waals surface area contributed by atoms with Crippen LogP contribution in [0.4, 0.5) is 5.69 Å². The molecule has 0 spiro atoms. The van der Waals surface area contributed by atoms with Crippen molar-refractivity contribution in [1.29, 1.82) is 0 Å². The van der Waals surface area contributed by atoms with E-state index < -0.39 is 0 Å². The normalized spacial score (nSPS) is 10.0. The molecule has 0 saturated carbocycles. The van der Waals surface area contributed by atoms with E-state index in [4.69, 9.17) is 4.74 Å². The maximum atomic E-state index is 5.01. The van der Waals surface area contributed by atoms with Crippen molar-refractivity contribution in [2.75, 3.05) is 25.6 Å². The van der Waals surface area contributed by atoms with Crippen LogP contribution in [-0.4, -0.2) is 20.3 Å². The van der Waals surface area contributed by atoms with Crippen molar-refractivity contribution in [1.82, 2.24) is 0 Å². The molecule has 0 aliphatic heterocycles. The Bertz CT molecular complexity index is 230. The van der Waals surface area contributed by atoms with Gasteiger partial charge < -0.3 is 10.1 Å². The first-order chi connectivity index (χ1) is 6.36. The summed E-state index contributed by atoms with van der Waals surface area (Å²) in [6, 6.07) is 8.48. The number of hydrogen-bond acceptors (Lipinski definition) is 2. The van der Waals surface area contributed by atoms with Gasteiger partial charge in [0.25, 0.3) is 0 Å². The Balaban J connectivity index is 2.48. The number of methoxy groups -OCH3 is 1. The van der Waals surface area contributed by atoms with Crippen LogP contribution >= 0.6 is 0 Å². The molecule has 0 radical (unpaired) electrons. The van der Waals surface area contributed by atoms with Crippen LogP contribution in [0.25, 0.3) is 0 Å². The maximum absolute atomic E-state index is 5.01. The van der Waals surface area contributed by atoms with Crippen molar-refractivity contribution in [2.24, 2.45) is 0 Å². The van der Waals surface area contributed by atoms with Gasteiger partial charge in [-0.25, -0.2) is 0 Å². The van der Waals surface area contributed by atoms with E-state index >= 15 is 0 Å². The average Bonchev–Trinajstić information content (AvgIpc) is 2.17. The topological polar surface area (TPSA) is 21.3 Å². The van der Waals surface area contributed by atoms with E-state index in [1.807, 2.05) is 0 Å². The molecule has 1 N–H and O–H groups in total. The van der Waals surface area contributed by atoms with Gasteiger partial charge in [-0.15, -0.1) is 0 Å². The molecule has 0 atom stereocenters. The average molecular weight is 179 g/mol. The number of ether oxygens (including phenoxy) is 1. The highest BCUT2D eigenvalue weighted by Crippen LogP contribution is 2.09. The van der Waals surface area contributed by atoms with E-state index in [0.29, 0.717) is 0 Å². The molecule has 2 nitrogen and oxygen atoms in total. The van der Waals surface area contributed by atoms with Crippen LogP contribution in [-0.2, 0) is 11.2 Å². The molecule has 1 rings (SSSR count). The first kappa shape index (κ1) is 10.1. The zero-order chi connectivity index (χ0) is 9.52. The summed E-state index contributed by atoms with van der Waals surface area (Å²) in [5, 5.41) is 3.26. The van der Waals surface area contributed by atoms with E-state index in [0.717, 1.165) is 19.6 Å². The summed E-state index contributed by atoms with van der Waals surface area (Å²) in [5.41, 5.74) is 2.51. The third-order valence-corrected chi connectivity index (χ3v) is 1.93. The minimum absolute atomic E-state index is 0.792. The number of benzene rings is 1. The van der Waals surface area contributed by atoms with Gasteiger partial charge in [0.1, 0.15) is 0 Å². The molecule has 0 fully saturated rings. The molecule has 72 valence electrons. The van der Waals surface area contributed by atoms with Crippen molar-refractivity contribution in [2.45, 2.75) is 13.3 Å². The van der Waals surface area contributed by atoms with Crippen molar-refractivity contribution >= 4 is 5.69 Å². The Morgan fingerprint density at radius 3 is 2.46 bits per heavy atom. The van der Waals surface area contributed by atoms with Crippen LogP contribution in [0.1, 0.15) is 12.5 Å². The standard InChI is InChI=1S/C11H17NO/c1-3-12-11-6-4-10(5-7-11)8-9-13-2/h4-7,12H,3,8-9H2,1-2H3. The third kappa shape index (κ3) is 3.47. The summed E-state index contributed by atoms with van der Waals surface area (Å²) in [6.07, 6.45) is 0.989. The molecular weight excluding hydrogens is 162 g/mol. The summed E-state index contributed by atoms with van der Waals surface area (Å²) in [6.45, 7) is 3.86. The number of hydrogen-bond donors (Lipinski definition) is 1. The van der Waals surface area contributed by atoms with E-state index in [9.17, 15) is 0 Å². The highest BCUT2D eigenvalue weighted by Gasteiger charge is 1.92. The van der Waals surface area contributed by atoms with Crippen LogP contribution in [0.3, 0.4) is 0 Å². The Kier molecular flexibility index (Phi) is 4.33. The number of nitrogens with one attached hydrogen (secondary N) is 1. The fraction of sp³-hybridized carbons (Fsp3) is 0.455. The Morgan fingerprint density at radius 2 is 1.92 bits per heavy atom. The van der Waals surface area contributed by atoms with Crippen molar-refractivity contribution in [3.8, 4) is 0 Å². The van der Waals surface area contributed by atoms with E-state index in [1.165, 1.54) is 11.3 Å². The van der Waals surface area contributed by atoms with Crippen LogP contribution in [0.2, 0.25) is 0 Å². The zero-order valence-corrected chi connectivity index (χ0v) is 8.34. The van der Waals surface area contributed by atoms with E-state index in [-0.39, 0.29) is 0 Å². The molecule has 0 amide bonds. The summed E-state index contributed by atoms with van der Waals surface area (Å²) in [4.78, 5) is 0. The maximum Gasteiger partial charge on any atom is 0.0502 e. The van der Waals surface area contributed by atoms with Crippen molar-refractivity contribution < 1.29 is 4.74 Å². The first-order valence-corrected chi connectivity index (χ1v) is 4.68. The minimum Gasteiger partial charge on any atom is -0.385 e. The van der Waals surface area contributed by atoms with Crippen molar-refractivity contribution in [3.05, 3.63) is 29.8 Å². The molecule has 1 aromatic carbocycles. The van der Waals surface area contributed by atoms with Gasteiger partial charge in [0.2, 0.25) is 0 Å². The predicted molar refractivity (Wildman–Crippen MR) is 56.2 cm³/mol. The number of anilines is 1. The van der Waals surface area contributed by atoms with E-state index in [2.05, 4.69) is 36.5 Å². The fourth-order valence-corrected chi connectivity index (χ4v) is 1.21. The molecule has 0 aromatic heterocycles. The van der Waals surface area contributed by atoms with Gasteiger partial charge >= 0.3 is 0 Å². The smallest absolute Gasteiger partial charge is 0.0502 e. The predicted octanol–water partition coefficient (Wildman–Crippen LogP) is 2.31. The lowest BCUT2D eigenvalue weighted by molar-refractivity contribution is 0.202. The largest absolute Gasteiger partial charge is 0.385 e. The lowest BCUT2D eigenvalue weighted by Gasteiger charge is -2.04. The molecule has 2 heteroatoms. The molecule has 0 bridgehead atoms. The monoisotopic (exact) mass is 179 g/mol. The quantitative estimate of drug-likeness (QED) is 0.749. The molecule has 0 saturated heterocycles. The summed E-state index contributed by atoms with van der Waals surface area (Å²) >= 11 is 0. The molecule has 13 heavy (non-hydrogen) atoms. The minimum atomic E-state index is 0.792. The van der Waals surface area contributed by atoms with Gasteiger partial charge in [0.05, 0.1) is 6.61 Å². The van der Waals surface area contributed by atoms with Crippen molar-refractivity contribution in [3.63, 3.8) is 0 Å². The molecule has 0 aliphatic rings. The molecule has 0 aliphatic carbocycles. The van der Waals surface area contributed by atoms with Gasteiger partial charge in [-0.2, -0.15) is 0 Å². The van der Waals surface area contributed by atoms with Gasteiger partial charge in [-0.3, -0.25) is 0 Å². The number of rotatable bonds is 5. The van der Waals surface area contributed by atoms with Crippen LogP contribution in [0, 0.1) is 0 Å². The molecule has 0 unspecified atom stereocenters.